The second-order valence-electron chi connectivity index (χ2n) is 12.4. The summed E-state index contributed by atoms with van der Waals surface area (Å²) < 4.78 is 7.04. The maximum absolute atomic E-state index is 10.1. The van der Waals surface area contributed by atoms with Crippen molar-refractivity contribution in [3.05, 3.63) is 0 Å². The Morgan fingerprint density at radius 1 is 0.889 bits per heavy atom. The smallest absolute Gasteiger partial charge is 0.192 e. The maximum Gasteiger partial charge on any atom is 0.192 e. The standard InChI is InChI=1S/C24H44O2Si/c1-23(2,3)27(5,6)26-22-12-11-21-20-9-7-16-15-17(25)8-10-18(16)19(20)13-14-24(21,22)4/h16-22,25H,7-15H2,1-6H3. The van der Waals surface area contributed by atoms with Crippen LogP contribution in [0.15, 0.2) is 0 Å². The molecule has 0 heterocycles. The van der Waals surface area contributed by atoms with Gasteiger partial charge >= 0.3 is 0 Å². The quantitative estimate of drug-likeness (QED) is 0.552. The van der Waals surface area contributed by atoms with Crippen LogP contribution in [0.3, 0.4) is 0 Å². The van der Waals surface area contributed by atoms with Crippen molar-refractivity contribution < 1.29 is 9.53 Å². The van der Waals surface area contributed by atoms with Gasteiger partial charge in [0, 0.05) is 0 Å². The molecular formula is C24H44O2Si. The minimum atomic E-state index is -1.70. The summed E-state index contributed by atoms with van der Waals surface area (Å²) in [4.78, 5) is 0. The number of aliphatic hydroxyl groups excluding tert-OH is 1. The molecule has 0 bridgehead atoms. The highest BCUT2D eigenvalue weighted by atomic mass is 28.4. The summed E-state index contributed by atoms with van der Waals surface area (Å²) in [7, 11) is -1.70. The van der Waals surface area contributed by atoms with Gasteiger partial charge in [0.05, 0.1) is 12.2 Å². The van der Waals surface area contributed by atoms with Crippen LogP contribution < -0.4 is 0 Å². The average molecular weight is 393 g/mol. The molecule has 0 saturated heterocycles. The van der Waals surface area contributed by atoms with E-state index in [9.17, 15) is 5.11 Å². The summed E-state index contributed by atoms with van der Waals surface area (Å²) in [6.45, 7) is 14.6. The van der Waals surface area contributed by atoms with Crippen molar-refractivity contribution in [2.75, 3.05) is 0 Å². The highest BCUT2D eigenvalue weighted by Gasteiger charge is 2.58. The van der Waals surface area contributed by atoms with Crippen LogP contribution in [0.4, 0.5) is 0 Å². The highest BCUT2D eigenvalue weighted by molar-refractivity contribution is 6.74. The Balaban J connectivity index is 1.50. The van der Waals surface area contributed by atoms with Gasteiger partial charge in [0.15, 0.2) is 8.32 Å². The lowest BCUT2D eigenvalue weighted by atomic mass is 9.50. The zero-order valence-electron chi connectivity index (χ0n) is 18.8. The van der Waals surface area contributed by atoms with Gasteiger partial charge in [0.2, 0.25) is 0 Å². The monoisotopic (exact) mass is 392 g/mol. The molecule has 0 aromatic rings. The average Bonchev–Trinajstić information content (AvgIpc) is 2.89. The molecule has 4 fully saturated rings. The topological polar surface area (TPSA) is 29.5 Å². The van der Waals surface area contributed by atoms with E-state index in [1.165, 1.54) is 44.9 Å². The largest absolute Gasteiger partial charge is 0.413 e. The summed E-state index contributed by atoms with van der Waals surface area (Å²) in [5.41, 5.74) is 0.414. The Morgan fingerprint density at radius 2 is 1.59 bits per heavy atom. The van der Waals surface area contributed by atoms with Gasteiger partial charge in [-0.15, -0.1) is 0 Å². The Hall–Kier alpha value is 0.137. The first kappa shape index (κ1) is 20.4. The van der Waals surface area contributed by atoms with Gasteiger partial charge < -0.3 is 9.53 Å². The van der Waals surface area contributed by atoms with E-state index >= 15 is 0 Å². The number of hydrogen-bond donors (Lipinski definition) is 1. The number of hydrogen-bond acceptors (Lipinski definition) is 2. The fourth-order valence-electron chi connectivity index (χ4n) is 7.51. The molecule has 4 aliphatic carbocycles. The molecule has 0 aliphatic heterocycles. The molecule has 4 rings (SSSR count). The molecule has 0 radical (unpaired) electrons. The summed E-state index contributed by atoms with van der Waals surface area (Å²) in [6, 6.07) is 0. The lowest BCUT2D eigenvalue weighted by Gasteiger charge is -2.56. The molecule has 4 saturated carbocycles. The molecule has 0 aromatic carbocycles. The molecule has 27 heavy (non-hydrogen) atoms. The molecule has 8 atom stereocenters. The predicted molar refractivity (Wildman–Crippen MR) is 115 cm³/mol. The molecule has 1 N–H and O–H groups in total. The van der Waals surface area contributed by atoms with Crippen molar-refractivity contribution in [3.63, 3.8) is 0 Å². The van der Waals surface area contributed by atoms with E-state index in [-0.39, 0.29) is 6.10 Å². The SMILES string of the molecule is CC12CCC3C4CCC(O)CC4CCC3C1CCC2O[Si](C)(C)C(C)(C)C. The van der Waals surface area contributed by atoms with Gasteiger partial charge in [-0.2, -0.15) is 0 Å². The van der Waals surface area contributed by atoms with Crippen LogP contribution in [-0.2, 0) is 4.43 Å². The lowest BCUT2D eigenvalue weighted by molar-refractivity contribution is -0.0888. The molecule has 0 amide bonds. The molecule has 2 nitrogen and oxygen atoms in total. The Kier molecular flexibility index (Phi) is 5.17. The zero-order chi connectivity index (χ0) is 19.6. The van der Waals surface area contributed by atoms with Crippen LogP contribution in [0.25, 0.3) is 0 Å². The van der Waals surface area contributed by atoms with Gasteiger partial charge in [-0.3, -0.25) is 0 Å². The van der Waals surface area contributed by atoms with E-state index in [1.807, 2.05) is 0 Å². The van der Waals surface area contributed by atoms with Crippen molar-refractivity contribution in [1.29, 1.82) is 0 Å². The van der Waals surface area contributed by atoms with Gasteiger partial charge in [-0.1, -0.05) is 27.7 Å². The first-order valence-electron chi connectivity index (χ1n) is 11.9. The van der Waals surface area contributed by atoms with Crippen LogP contribution in [0.5, 0.6) is 0 Å². The lowest BCUT2D eigenvalue weighted by Crippen LogP contribution is -2.52. The second kappa shape index (κ2) is 6.84. The minimum absolute atomic E-state index is 0.00879. The van der Waals surface area contributed by atoms with Gasteiger partial charge in [-0.25, -0.2) is 0 Å². The number of aliphatic hydroxyl groups is 1. The summed E-state index contributed by atoms with van der Waals surface area (Å²) in [5, 5.41) is 10.4. The Morgan fingerprint density at radius 3 is 2.30 bits per heavy atom. The van der Waals surface area contributed by atoms with Crippen molar-refractivity contribution in [2.24, 2.45) is 35.0 Å². The molecule has 3 heteroatoms. The van der Waals surface area contributed by atoms with E-state index < -0.39 is 8.32 Å². The molecule has 156 valence electrons. The first-order valence-corrected chi connectivity index (χ1v) is 14.8. The van der Waals surface area contributed by atoms with Gasteiger partial charge in [-0.05, 0) is 111 Å². The Labute approximate surface area is 169 Å². The molecule has 0 spiro atoms. The third kappa shape index (κ3) is 3.38. The number of fused-ring (bicyclic) bond motifs is 5. The third-order valence-electron chi connectivity index (χ3n) is 10.1. The molecule has 0 aromatic heterocycles. The van der Waals surface area contributed by atoms with Crippen LogP contribution in [-0.4, -0.2) is 25.6 Å². The zero-order valence-corrected chi connectivity index (χ0v) is 19.8. The van der Waals surface area contributed by atoms with E-state index in [0.717, 1.165) is 42.4 Å². The Bertz CT molecular complexity index is 553. The second-order valence-corrected chi connectivity index (χ2v) is 17.1. The van der Waals surface area contributed by atoms with Crippen LogP contribution in [0.2, 0.25) is 18.1 Å². The van der Waals surface area contributed by atoms with Crippen molar-refractivity contribution in [1.82, 2.24) is 0 Å². The van der Waals surface area contributed by atoms with Crippen LogP contribution in [0.1, 0.15) is 85.5 Å². The van der Waals surface area contributed by atoms with E-state index in [0.29, 0.717) is 16.6 Å². The maximum atomic E-state index is 10.1. The fourth-order valence-corrected chi connectivity index (χ4v) is 8.96. The third-order valence-corrected chi connectivity index (χ3v) is 14.6. The van der Waals surface area contributed by atoms with Crippen LogP contribution in [0, 0.1) is 35.0 Å². The normalized spacial score (nSPS) is 47.9. The fraction of sp³-hybridized carbons (Fsp3) is 1.00. The van der Waals surface area contributed by atoms with E-state index in [1.54, 1.807) is 0 Å². The van der Waals surface area contributed by atoms with Crippen molar-refractivity contribution >= 4 is 8.32 Å². The predicted octanol–water partition coefficient (Wildman–Crippen LogP) is 6.39. The molecule has 8 unspecified atom stereocenters. The highest BCUT2D eigenvalue weighted by Crippen LogP contribution is 2.63. The molecule has 4 aliphatic rings. The van der Waals surface area contributed by atoms with Gasteiger partial charge in [0.1, 0.15) is 0 Å². The van der Waals surface area contributed by atoms with E-state index in [2.05, 4.69) is 40.8 Å². The summed E-state index contributed by atoms with van der Waals surface area (Å²) in [6.07, 6.45) is 12.2. The first-order chi connectivity index (χ1) is 12.5. The summed E-state index contributed by atoms with van der Waals surface area (Å²) in [5.74, 6) is 4.50. The van der Waals surface area contributed by atoms with Gasteiger partial charge in [0.25, 0.3) is 0 Å². The van der Waals surface area contributed by atoms with E-state index in [4.69, 9.17) is 4.43 Å². The summed E-state index contributed by atoms with van der Waals surface area (Å²) >= 11 is 0. The van der Waals surface area contributed by atoms with Crippen LogP contribution >= 0.6 is 0 Å². The molecular weight excluding hydrogens is 348 g/mol. The number of rotatable bonds is 2. The van der Waals surface area contributed by atoms with Crippen molar-refractivity contribution in [3.8, 4) is 0 Å². The minimum Gasteiger partial charge on any atom is -0.413 e. The van der Waals surface area contributed by atoms with Crippen molar-refractivity contribution in [2.45, 2.75) is 116 Å².